The van der Waals surface area contributed by atoms with Crippen LogP contribution in [0, 0.1) is 0 Å². The lowest BCUT2D eigenvalue weighted by atomic mass is 9.81. The van der Waals surface area contributed by atoms with Gasteiger partial charge in [0.05, 0.1) is 12.2 Å². The summed E-state index contributed by atoms with van der Waals surface area (Å²) in [4.78, 5) is 29.5. The van der Waals surface area contributed by atoms with Gasteiger partial charge >= 0.3 is 0 Å². The van der Waals surface area contributed by atoms with Gasteiger partial charge in [-0.3, -0.25) is 4.79 Å². The third-order valence-electron chi connectivity index (χ3n) is 8.01. The van der Waals surface area contributed by atoms with Crippen LogP contribution in [-0.4, -0.2) is 54.0 Å². The summed E-state index contributed by atoms with van der Waals surface area (Å²) in [5, 5.41) is 14.2. The highest BCUT2D eigenvalue weighted by Crippen LogP contribution is 2.35. The molecule has 0 atom stereocenters. The van der Waals surface area contributed by atoms with Crippen molar-refractivity contribution in [1.29, 1.82) is 0 Å². The summed E-state index contributed by atoms with van der Waals surface area (Å²) in [5.74, 6) is 1.45. The minimum atomic E-state index is -1.14. The Morgan fingerprint density at radius 2 is 1.85 bits per heavy atom. The molecule has 0 radical (unpaired) electrons. The fraction of sp³-hybridized carbons (Fsp3) is 0.419. The highest BCUT2D eigenvalue weighted by Gasteiger charge is 2.25. The molecule has 1 aromatic carbocycles. The van der Waals surface area contributed by atoms with Crippen LogP contribution in [0.15, 0.2) is 66.1 Å². The summed E-state index contributed by atoms with van der Waals surface area (Å²) in [5.41, 5.74) is 1.79. The highest BCUT2D eigenvalue weighted by molar-refractivity contribution is 5.77. The molecule has 4 aromatic rings. The molecule has 0 aliphatic heterocycles. The maximum absolute atomic E-state index is 13.2. The third-order valence-corrected chi connectivity index (χ3v) is 8.01. The molecule has 1 fully saturated rings. The van der Waals surface area contributed by atoms with Gasteiger partial charge < -0.3 is 15.3 Å². The fourth-order valence-electron chi connectivity index (χ4n) is 5.57. The summed E-state index contributed by atoms with van der Waals surface area (Å²) >= 11 is 0. The van der Waals surface area contributed by atoms with E-state index in [1.54, 1.807) is 49.0 Å². The van der Waals surface area contributed by atoms with Crippen molar-refractivity contribution < 1.29 is 5.11 Å². The van der Waals surface area contributed by atoms with E-state index in [9.17, 15) is 9.90 Å². The molecule has 0 amide bonds. The van der Waals surface area contributed by atoms with Crippen LogP contribution in [0.25, 0.3) is 16.9 Å². The van der Waals surface area contributed by atoms with Crippen molar-refractivity contribution in [1.82, 2.24) is 29.2 Å². The standard InChI is InChI=1S/C31H39N7O2/c1-6-19-37-29(39)25-20-32-30(35-28(25)38(37)27-10-8-9-26(34-27)31(3,4)40)33-23-15-11-21(12-16-23)22-13-17-24(18-14-22)36(5)7-2/h6,8-12,15-16,20,22,24,40H,1,7,13-14,17-19H2,2-5H3,(H,32,33,35). The summed E-state index contributed by atoms with van der Waals surface area (Å²) in [7, 11) is 2.22. The molecule has 1 saturated carbocycles. The zero-order valence-electron chi connectivity index (χ0n) is 23.8. The Labute approximate surface area is 235 Å². The Bertz CT molecular complexity index is 1540. The number of pyridine rings is 1. The number of fused-ring (bicyclic) bond motifs is 1. The lowest BCUT2D eigenvalue weighted by Gasteiger charge is -2.34. The smallest absolute Gasteiger partial charge is 0.278 e. The number of hydrogen-bond acceptors (Lipinski definition) is 7. The molecule has 1 aliphatic carbocycles. The number of benzene rings is 1. The van der Waals surface area contributed by atoms with Crippen molar-refractivity contribution in [3.63, 3.8) is 0 Å². The first-order valence-corrected chi connectivity index (χ1v) is 14.1. The number of nitrogens with zero attached hydrogens (tertiary/aromatic N) is 6. The van der Waals surface area contributed by atoms with E-state index >= 15 is 0 Å². The van der Waals surface area contributed by atoms with Crippen molar-refractivity contribution in [2.45, 2.75) is 70.6 Å². The molecular formula is C31H39N7O2. The average Bonchev–Trinajstić information content (AvgIpc) is 3.23. The Balaban J connectivity index is 1.42. The van der Waals surface area contributed by atoms with Crippen molar-refractivity contribution in [2.75, 3.05) is 18.9 Å². The molecule has 3 heterocycles. The first kappa shape index (κ1) is 27.7. The van der Waals surface area contributed by atoms with E-state index in [2.05, 4.69) is 65.0 Å². The second-order valence-electron chi connectivity index (χ2n) is 11.2. The van der Waals surface area contributed by atoms with Crippen LogP contribution in [-0.2, 0) is 12.1 Å². The Morgan fingerprint density at radius 3 is 2.50 bits per heavy atom. The third kappa shape index (κ3) is 5.57. The summed E-state index contributed by atoms with van der Waals surface area (Å²) in [6.45, 7) is 10.7. The van der Waals surface area contributed by atoms with Gasteiger partial charge in [0.1, 0.15) is 11.0 Å². The Morgan fingerprint density at radius 1 is 1.12 bits per heavy atom. The molecule has 0 spiro atoms. The first-order chi connectivity index (χ1) is 19.2. The topological polar surface area (TPSA) is 101 Å². The normalized spacial score (nSPS) is 17.9. The molecule has 40 heavy (non-hydrogen) atoms. The van der Waals surface area contributed by atoms with E-state index in [-0.39, 0.29) is 12.1 Å². The zero-order valence-corrected chi connectivity index (χ0v) is 23.8. The van der Waals surface area contributed by atoms with E-state index in [1.807, 2.05) is 0 Å². The van der Waals surface area contributed by atoms with Gasteiger partial charge in [0.25, 0.3) is 5.56 Å². The highest BCUT2D eigenvalue weighted by atomic mass is 16.3. The van der Waals surface area contributed by atoms with Crippen LogP contribution in [0.5, 0.6) is 0 Å². The summed E-state index contributed by atoms with van der Waals surface area (Å²) in [6, 6.07) is 14.6. The molecule has 9 heteroatoms. The Hall–Kier alpha value is -3.82. The number of aliphatic hydroxyl groups is 1. The largest absolute Gasteiger partial charge is 0.384 e. The van der Waals surface area contributed by atoms with Crippen molar-refractivity contribution in [2.24, 2.45) is 0 Å². The second kappa shape index (κ2) is 11.3. The number of nitrogens with one attached hydrogen (secondary N) is 1. The Kier molecular flexibility index (Phi) is 7.87. The molecule has 5 rings (SSSR count). The van der Waals surface area contributed by atoms with E-state index in [0.717, 1.165) is 12.2 Å². The van der Waals surface area contributed by atoms with E-state index < -0.39 is 5.60 Å². The van der Waals surface area contributed by atoms with Crippen LogP contribution in [0.4, 0.5) is 11.6 Å². The van der Waals surface area contributed by atoms with Crippen molar-refractivity contribution >= 4 is 22.7 Å². The van der Waals surface area contributed by atoms with Crippen LogP contribution in [0.2, 0.25) is 0 Å². The minimum absolute atomic E-state index is 0.235. The van der Waals surface area contributed by atoms with Gasteiger partial charge in [-0.25, -0.2) is 19.3 Å². The number of allylic oxidation sites excluding steroid dienone is 1. The first-order valence-electron chi connectivity index (χ1n) is 14.1. The van der Waals surface area contributed by atoms with Crippen LogP contribution < -0.4 is 10.9 Å². The van der Waals surface area contributed by atoms with Gasteiger partial charge in [-0.15, -0.1) is 6.58 Å². The number of hydrogen-bond donors (Lipinski definition) is 2. The van der Waals surface area contributed by atoms with Gasteiger partial charge in [0.2, 0.25) is 5.95 Å². The van der Waals surface area contributed by atoms with Gasteiger partial charge in [0, 0.05) is 17.9 Å². The number of aromatic nitrogens is 5. The van der Waals surface area contributed by atoms with E-state index in [4.69, 9.17) is 4.98 Å². The fourth-order valence-corrected chi connectivity index (χ4v) is 5.57. The minimum Gasteiger partial charge on any atom is -0.384 e. The van der Waals surface area contributed by atoms with Crippen LogP contribution in [0.3, 0.4) is 0 Å². The van der Waals surface area contributed by atoms with Crippen molar-refractivity contribution in [3.8, 4) is 5.82 Å². The van der Waals surface area contributed by atoms with E-state index in [1.165, 1.54) is 35.9 Å². The molecule has 210 valence electrons. The molecule has 3 aromatic heterocycles. The van der Waals surface area contributed by atoms with E-state index in [0.29, 0.717) is 40.5 Å². The lowest BCUT2D eigenvalue weighted by Crippen LogP contribution is -2.34. The lowest BCUT2D eigenvalue weighted by molar-refractivity contribution is 0.0738. The number of rotatable bonds is 9. The van der Waals surface area contributed by atoms with Crippen LogP contribution in [0.1, 0.15) is 63.6 Å². The SMILES string of the molecule is C=CCn1c(=O)c2cnc(Nc3ccc(C4CCC(N(C)CC)CC4)cc3)nc2n1-c1cccc(C(C)(C)O)n1. The molecule has 9 nitrogen and oxygen atoms in total. The van der Waals surface area contributed by atoms with Gasteiger partial charge in [-0.1, -0.05) is 31.2 Å². The predicted molar refractivity (Wildman–Crippen MR) is 159 cm³/mol. The molecule has 0 saturated heterocycles. The predicted octanol–water partition coefficient (Wildman–Crippen LogP) is 5.11. The number of anilines is 2. The molecular weight excluding hydrogens is 502 g/mol. The van der Waals surface area contributed by atoms with Gasteiger partial charge in [-0.2, -0.15) is 4.98 Å². The van der Waals surface area contributed by atoms with Crippen molar-refractivity contribution in [3.05, 3.63) is 82.9 Å². The van der Waals surface area contributed by atoms with Gasteiger partial charge in [0.15, 0.2) is 11.5 Å². The summed E-state index contributed by atoms with van der Waals surface area (Å²) in [6.07, 6.45) is 8.10. The molecule has 2 N–H and O–H groups in total. The molecule has 0 bridgehead atoms. The van der Waals surface area contributed by atoms with Gasteiger partial charge in [-0.05, 0) is 88.9 Å². The maximum atomic E-state index is 13.2. The molecule has 0 unspecified atom stereocenters. The quantitative estimate of drug-likeness (QED) is 0.284. The zero-order chi connectivity index (χ0) is 28.4. The maximum Gasteiger partial charge on any atom is 0.278 e. The summed E-state index contributed by atoms with van der Waals surface area (Å²) < 4.78 is 3.19. The average molecular weight is 542 g/mol. The second-order valence-corrected chi connectivity index (χ2v) is 11.2. The van der Waals surface area contributed by atoms with Crippen LogP contribution >= 0.6 is 0 Å². The monoisotopic (exact) mass is 541 g/mol. The molecule has 1 aliphatic rings.